The molecule has 7 heteroatoms. The van der Waals surface area contributed by atoms with Crippen LogP contribution >= 0.6 is 23.2 Å². The lowest BCUT2D eigenvalue weighted by Gasteiger charge is -2.06. The van der Waals surface area contributed by atoms with Crippen LogP contribution in [0, 0.1) is 0 Å². The van der Waals surface area contributed by atoms with Crippen molar-refractivity contribution in [1.29, 1.82) is 0 Å². The number of benzene rings is 2. The number of hydrogen-bond acceptors (Lipinski definition) is 2. The summed E-state index contributed by atoms with van der Waals surface area (Å²) in [6.45, 7) is 0.411. The van der Waals surface area contributed by atoms with E-state index in [9.17, 15) is 5.21 Å². The van der Waals surface area contributed by atoms with Gasteiger partial charge in [0.05, 0.1) is 15.4 Å². The van der Waals surface area contributed by atoms with Crippen LogP contribution in [0.1, 0.15) is 5.56 Å². The molecule has 0 saturated carbocycles. The molecule has 3 N–H and O–H groups in total. The van der Waals surface area contributed by atoms with Gasteiger partial charge in [-0.15, -0.1) is 0 Å². The maximum absolute atomic E-state index is 9.34. The molecule has 3 aromatic rings. The van der Waals surface area contributed by atoms with E-state index in [2.05, 4.69) is 5.16 Å². The van der Waals surface area contributed by atoms with E-state index in [1.54, 1.807) is 12.1 Å². The predicted octanol–water partition coefficient (Wildman–Crippen LogP) is 0.492. The van der Waals surface area contributed by atoms with Crippen LogP contribution in [0.2, 0.25) is 10.0 Å². The van der Waals surface area contributed by atoms with Gasteiger partial charge >= 0.3 is 0 Å². The molecule has 0 fully saturated rings. The Labute approximate surface area is 155 Å². The van der Waals surface area contributed by atoms with Gasteiger partial charge in [-0.3, -0.25) is 0 Å². The first-order chi connectivity index (χ1) is 10.7. The van der Waals surface area contributed by atoms with Crippen molar-refractivity contribution in [2.75, 3.05) is 0 Å². The molecule has 0 aliphatic carbocycles. The van der Waals surface area contributed by atoms with E-state index < -0.39 is 0 Å². The van der Waals surface area contributed by atoms with E-state index in [0.717, 1.165) is 16.5 Å². The predicted molar refractivity (Wildman–Crippen MR) is 92.5 cm³/mol. The number of nitrogens with zero attached hydrogens (tertiary/aromatic N) is 2. The monoisotopic (exact) mass is 384 g/mol. The van der Waals surface area contributed by atoms with Gasteiger partial charge in [0.15, 0.2) is 18.5 Å². The molecule has 0 aliphatic rings. The Morgan fingerprint density at radius 1 is 0.958 bits per heavy atom. The van der Waals surface area contributed by atoms with Crippen LogP contribution in [0.4, 0.5) is 0 Å². The van der Waals surface area contributed by atoms with E-state index in [-0.39, 0.29) is 17.9 Å². The van der Waals surface area contributed by atoms with Crippen LogP contribution in [-0.4, -0.2) is 16.4 Å². The summed E-state index contributed by atoms with van der Waals surface area (Å²) in [6.07, 6.45) is 1.86. The first kappa shape index (κ1) is 20.2. The average Bonchev–Trinajstić information content (AvgIpc) is 2.55. The Morgan fingerprint density at radius 3 is 2.29 bits per heavy atom. The number of oxime groups is 1. The highest BCUT2D eigenvalue weighted by Crippen LogP contribution is 2.27. The average molecular weight is 386 g/mol. The molecule has 4 nitrogen and oxygen atoms in total. The molecular weight excluding hydrogens is 371 g/mol. The third-order valence-electron chi connectivity index (χ3n) is 3.49. The molecule has 0 bridgehead atoms. The van der Waals surface area contributed by atoms with Crippen LogP contribution in [0.15, 0.2) is 65.9 Å². The van der Waals surface area contributed by atoms with Gasteiger partial charge in [0, 0.05) is 17.7 Å². The summed E-state index contributed by atoms with van der Waals surface area (Å²) < 4.78 is 1.95. The third-order valence-corrected chi connectivity index (χ3v) is 4.12. The summed E-state index contributed by atoms with van der Waals surface area (Å²) in [5.74, 6) is 0. The van der Waals surface area contributed by atoms with Gasteiger partial charge in [-0.1, -0.05) is 64.8 Å². The van der Waals surface area contributed by atoms with Crippen molar-refractivity contribution >= 4 is 39.8 Å². The molecule has 1 aromatic heterocycles. The normalized spacial score (nSPS) is 10.8. The second-order valence-electron chi connectivity index (χ2n) is 4.84. The second kappa shape index (κ2) is 8.85. The van der Waals surface area contributed by atoms with Gasteiger partial charge in [-0.25, -0.2) is 0 Å². The van der Waals surface area contributed by atoms with Crippen molar-refractivity contribution in [3.8, 4) is 0 Å². The summed E-state index contributed by atoms with van der Waals surface area (Å²) in [6, 6.07) is 16.9. The summed E-state index contributed by atoms with van der Waals surface area (Å²) in [7, 11) is 0. The minimum Gasteiger partial charge on any atom is -1.00 e. The SMILES string of the molecule is O.ON=C(C[n+]1ccc(Cl)c2c(Cl)cccc21)c1ccccc1.[Cl-]. The second-order valence-corrected chi connectivity index (χ2v) is 5.65. The fourth-order valence-corrected chi connectivity index (χ4v) is 2.99. The Bertz CT molecular complexity index is 847. The van der Waals surface area contributed by atoms with Gasteiger partial charge in [0.25, 0.3) is 0 Å². The summed E-state index contributed by atoms with van der Waals surface area (Å²) >= 11 is 12.5. The van der Waals surface area contributed by atoms with Gasteiger partial charge in [-0.05, 0) is 6.07 Å². The zero-order chi connectivity index (χ0) is 15.5. The smallest absolute Gasteiger partial charge is 0.215 e. The molecule has 0 unspecified atom stereocenters. The van der Waals surface area contributed by atoms with Crippen molar-refractivity contribution in [1.82, 2.24) is 0 Å². The minimum absolute atomic E-state index is 0. The lowest BCUT2D eigenvalue weighted by atomic mass is 10.1. The van der Waals surface area contributed by atoms with Crippen molar-refractivity contribution in [3.05, 3.63) is 76.4 Å². The van der Waals surface area contributed by atoms with Crippen molar-refractivity contribution in [3.63, 3.8) is 0 Å². The topological polar surface area (TPSA) is 68.0 Å². The Morgan fingerprint density at radius 2 is 1.62 bits per heavy atom. The first-order valence-electron chi connectivity index (χ1n) is 6.73. The van der Waals surface area contributed by atoms with Crippen LogP contribution in [-0.2, 0) is 6.54 Å². The molecule has 0 atom stereocenters. The van der Waals surface area contributed by atoms with Crippen LogP contribution in [0.3, 0.4) is 0 Å². The van der Waals surface area contributed by atoms with Gasteiger partial charge in [-0.2, -0.15) is 4.57 Å². The van der Waals surface area contributed by atoms with E-state index in [0.29, 0.717) is 22.3 Å². The molecule has 0 aliphatic heterocycles. The number of fused-ring (bicyclic) bond motifs is 1. The summed E-state index contributed by atoms with van der Waals surface area (Å²) in [5.41, 5.74) is 2.31. The molecule has 0 radical (unpaired) electrons. The minimum atomic E-state index is 0. The molecular formula is C17H15Cl3N2O2. The molecule has 24 heavy (non-hydrogen) atoms. The largest absolute Gasteiger partial charge is 1.00 e. The number of aromatic nitrogens is 1. The van der Waals surface area contributed by atoms with Gasteiger partial charge < -0.3 is 23.1 Å². The van der Waals surface area contributed by atoms with Crippen LogP contribution < -0.4 is 17.0 Å². The highest BCUT2D eigenvalue weighted by molar-refractivity contribution is 6.41. The third kappa shape index (κ3) is 3.97. The van der Waals surface area contributed by atoms with Gasteiger partial charge in [0.1, 0.15) is 0 Å². The number of rotatable bonds is 3. The van der Waals surface area contributed by atoms with E-state index in [1.807, 2.05) is 53.2 Å². The van der Waals surface area contributed by atoms with E-state index >= 15 is 0 Å². The fraction of sp³-hybridized carbons (Fsp3) is 0.0588. The van der Waals surface area contributed by atoms with Crippen LogP contribution in [0.5, 0.6) is 0 Å². The molecule has 2 aromatic carbocycles. The first-order valence-corrected chi connectivity index (χ1v) is 7.49. The maximum atomic E-state index is 9.34. The van der Waals surface area contributed by atoms with E-state index in [4.69, 9.17) is 23.2 Å². The Kier molecular flexibility index (Phi) is 7.45. The maximum Gasteiger partial charge on any atom is 0.215 e. The zero-order valence-corrected chi connectivity index (χ0v) is 14.7. The fourth-order valence-electron chi connectivity index (χ4n) is 2.42. The molecule has 3 rings (SSSR count). The molecule has 1 heterocycles. The molecule has 0 spiro atoms. The van der Waals surface area contributed by atoms with E-state index in [1.165, 1.54) is 0 Å². The Hall–Kier alpha value is -1.85. The lowest BCUT2D eigenvalue weighted by Crippen LogP contribution is -3.00. The van der Waals surface area contributed by atoms with Crippen molar-refractivity contribution in [2.45, 2.75) is 6.54 Å². The van der Waals surface area contributed by atoms with Gasteiger partial charge in [0.2, 0.25) is 5.52 Å². The number of hydrogen-bond donors (Lipinski definition) is 1. The number of halogens is 3. The molecule has 0 amide bonds. The summed E-state index contributed by atoms with van der Waals surface area (Å²) in [5, 5.41) is 14.8. The lowest BCUT2D eigenvalue weighted by molar-refractivity contribution is -0.655. The quantitative estimate of drug-likeness (QED) is 0.303. The van der Waals surface area contributed by atoms with Crippen LogP contribution in [0.25, 0.3) is 10.9 Å². The van der Waals surface area contributed by atoms with Crippen molar-refractivity contribution < 1.29 is 27.7 Å². The molecule has 0 saturated heterocycles. The summed E-state index contributed by atoms with van der Waals surface area (Å²) in [4.78, 5) is 0. The molecule has 126 valence electrons. The highest BCUT2D eigenvalue weighted by Gasteiger charge is 2.17. The Balaban J connectivity index is 0.00000144. The highest BCUT2D eigenvalue weighted by atomic mass is 35.5. The standard InChI is InChI=1S/C17H12Cl2N2O.ClH.H2O/c18-13-7-4-8-16-17(13)14(19)9-10-21(16)11-15(20-22)12-5-2-1-3-6-12;;/h1-10H,11H2;1H;1H2. The van der Waals surface area contributed by atoms with Crippen molar-refractivity contribution in [2.24, 2.45) is 5.16 Å². The number of pyridine rings is 1. The zero-order valence-electron chi connectivity index (χ0n) is 12.5.